The largest absolute Gasteiger partial charge is 0.134 e. The summed E-state index contributed by atoms with van der Waals surface area (Å²) in [5.74, 6) is 0. The van der Waals surface area contributed by atoms with E-state index < -0.39 is 0 Å². The van der Waals surface area contributed by atoms with Gasteiger partial charge in [-0.1, -0.05) is 67.9 Å². The smallest absolute Gasteiger partial charge is 0.0542 e. The van der Waals surface area contributed by atoms with Crippen molar-refractivity contribution in [3.05, 3.63) is 72.3 Å². The third-order valence-corrected chi connectivity index (χ3v) is 7.29. The zero-order valence-electron chi connectivity index (χ0n) is 14.1. The highest BCUT2D eigenvalue weighted by Gasteiger charge is 2.13. The fourth-order valence-corrected chi connectivity index (χ4v) is 6.31. The van der Waals surface area contributed by atoms with E-state index in [4.69, 9.17) is 0 Å². The molecule has 5 rings (SSSR count). The Hall–Kier alpha value is -2.16. The van der Waals surface area contributed by atoms with Gasteiger partial charge in [-0.25, -0.2) is 0 Å². The molecule has 5 aromatic rings. The van der Waals surface area contributed by atoms with Crippen molar-refractivity contribution in [3.8, 4) is 11.1 Å². The van der Waals surface area contributed by atoms with Gasteiger partial charge < -0.3 is 0 Å². The lowest BCUT2D eigenvalue weighted by Gasteiger charge is -2.01. The van der Waals surface area contributed by atoms with Crippen LogP contribution in [0.5, 0.6) is 0 Å². The number of rotatable bonds is 3. The highest BCUT2D eigenvalue weighted by molar-refractivity contribution is 7.36. The topological polar surface area (TPSA) is 0 Å². The minimum atomic E-state index is 1.17. The Bertz CT molecular complexity index is 1190. The average Bonchev–Trinajstić information content (AvgIpc) is 3.17. The van der Waals surface area contributed by atoms with E-state index in [-0.39, 0.29) is 0 Å². The number of thiophene rings is 2. The van der Waals surface area contributed by atoms with Gasteiger partial charge in [-0.15, -0.1) is 22.7 Å². The molecule has 25 heavy (non-hydrogen) atoms. The van der Waals surface area contributed by atoms with Crippen LogP contribution < -0.4 is 0 Å². The maximum absolute atomic E-state index is 2.39. The Labute approximate surface area is 155 Å². The van der Waals surface area contributed by atoms with Crippen LogP contribution in [0.2, 0.25) is 0 Å². The molecular weight excluding hydrogens is 340 g/mol. The number of aryl methyl sites for hydroxylation is 1. The lowest BCUT2D eigenvalue weighted by molar-refractivity contribution is 0.924. The monoisotopic (exact) mass is 358 g/mol. The summed E-state index contributed by atoms with van der Waals surface area (Å²) in [6.45, 7) is 2.25. The molecule has 2 heterocycles. The van der Waals surface area contributed by atoms with Gasteiger partial charge in [0.05, 0.1) is 9.40 Å². The molecule has 0 amide bonds. The second-order valence-corrected chi connectivity index (χ2v) is 8.62. The number of hydrogen-bond acceptors (Lipinski definition) is 2. The Morgan fingerprint density at radius 1 is 0.680 bits per heavy atom. The first kappa shape index (κ1) is 15.1. The molecule has 0 saturated heterocycles. The molecule has 0 radical (unpaired) electrons. The molecule has 0 spiro atoms. The summed E-state index contributed by atoms with van der Waals surface area (Å²) >= 11 is 3.89. The van der Waals surface area contributed by atoms with Crippen LogP contribution in [-0.2, 0) is 6.42 Å². The van der Waals surface area contributed by atoms with Gasteiger partial charge in [0.15, 0.2) is 0 Å². The van der Waals surface area contributed by atoms with Crippen LogP contribution in [0.3, 0.4) is 0 Å². The maximum Gasteiger partial charge on any atom is 0.0542 e. The van der Waals surface area contributed by atoms with E-state index in [1.807, 2.05) is 22.7 Å². The van der Waals surface area contributed by atoms with Gasteiger partial charge in [-0.05, 0) is 35.2 Å². The van der Waals surface area contributed by atoms with Crippen molar-refractivity contribution in [2.45, 2.75) is 19.8 Å². The standard InChI is InChI=1S/C23H18S2/c1-2-6-15-9-11-18-20(13-15)24-23-19-12-10-17(14-21(19)25-22(18)23)16-7-4-3-5-8-16/h3-5,7-14H,2,6H2,1H3. The Balaban J connectivity index is 1.71. The third kappa shape index (κ3) is 2.48. The quantitative estimate of drug-likeness (QED) is 0.307. The number of hydrogen-bond donors (Lipinski definition) is 0. The lowest BCUT2D eigenvalue weighted by Crippen LogP contribution is -1.80. The molecule has 0 aliphatic carbocycles. The molecule has 0 aliphatic heterocycles. The summed E-state index contributed by atoms with van der Waals surface area (Å²) in [5.41, 5.74) is 4.05. The molecule has 0 saturated carbocycles. The number of benzene rings is 3. The van der Waals surface area contributed by atoms with E-state index in [1.54, 1.807) is 0 Å². The van der Waals surface area contributed by atoms with Crippen molar-refractivity contribution in [1.29, 1.82) is 0 Å². The van der Waals surface area contributed by atoms with E-state index in [0.29, 0.717) is 0 Å². The summed E-state index contributed by atoms with van der Waals surface area (Å²) in [6.07, 6.45) is 2.37. The molecule has 0 fully saturated rings. The molecule has 0 nitrogen and oxygen atoms in total. The minimum Gasteiger partial charge on any atom is -0.134 e. The summed E-state index contributed by atoms with van der Waals surface area (Å²) in [6, 6.07) is 24.6. The van der Waals surface area contributed by atoms with Crippen molar-refractivity contribution in [2.75, 3.05) is 0 Å². The first-order chi connectivity index (χ1) is 12.3. The van der Waals surface area contributed by atoms with E-state index in [9.17, 15) is 0 Å². The van der Waals surface area contributed by atoms with E-state index in [0.717, 1.165) is 0 Å². The van der Waals surface area contributed by atoms with Crippen molar-refractivity contribution in [1.82, 2.24) is 0 Å². The van der Waals surface area contributed by atoms with E-state index >= 15 is 0 Å². The summed E-state index contributed by atoms with van der Waals surface area (Å²) in [5, 5.41) is 2.82. The zero-order chi connectivity index (χ0) is 16.8. The van der Waals surface area contributed by atoms with Crippen molar-refractivity contribution in [2.24, 2.45) is 0 Å². The SMILES string of the molecule is CCCc1ccc2c(c1)sc1c3ccc(-c4ccccc4)cc3sc21. The second-order valence-electron chi connectivity index (χ2n) is 6.52. The van der Waals surface area contributed by atoms with E-state index in [1.165, 1.54) is 59.1 Å². The predicted octanol–water partition coefficient (Wildman–Crippen LogP) is 7.89. The molecule has 0 unspecified atom stereocenters. The van der Waals surface area contributed by atoms with Crippen LogP contribution in [0.1, 0.15) is 18.9 Å². The molecular formula is C23H18S2. The lowest BCUT2D eigenvalue weighted by atomic mass is 10.0. The van der Waals surface area contributed by atoms with Gasteiger partial charge >= 0.3 is 0 Å². The summed E-state index contributed by atoms with van der Waals surface area (Å²) < 4.78 is 5.72. The van der Waals surface area contributed by atoms with Gasteiger partial charge in [0.2, 0.25) is 0 Å². The van der Waals surface area contributed by atoms with Crippen molar-refractivity contribution >= 4 is 52.2 Å². The summed E-state index contributed by atoms with van der Waals surface area (Å²) in [4.78, 5) is 0. The third-order valence-electron chi connectivity index (χ3n) is 4.79. The zero-order valence-corrected chi connectivity index (χ0v) is 15.7. The van der Waals surface area contributed by atoms with Gasteiger partial charge in [0.25, 0.3) is 0 Å². The fraction of sp³-hybridized carbons (Fsp3) is 0.130. The van der Waals surface area contributed by atoms with Crippen LogP contribution in [0, 0.1) is 0 Å². The Morgan fingerprint density at radius 2 is 1.36 bits per heavy atom. The molecule has 0 atom stereocenters. The molecule has 0 bridgehead atoms. The van der Waals surface area contributed by atoms with Crippen LogP contribution >= 0.6 is 22.7 Å². The van der Waals surface area contributed by atoms with Crippen LogP contribution in [0.4, 0.5) is 0 Å². The highest BCUT2D eigenvalue weighted by Crippen LogP contribution is 2.45. The van der Waals surface area contributed by atoms with Gasteiger partial charge in [-0.2, -0.15) is 0 Å². The maximum atomic E-state index is 2.39. The van der Waals surface area contributed by atoms with Crippen LogP contribution in [0.25, 0.3) is 40.7 Å². The molecule has 2 aromatic heterocycles. The molecule has 122 valence electrons. The van der Waals surface area contributed by atoms with Gasteiger partial charge in [-0.3, -0.25) is 0 Å². The van der Waals surface area contributed by atoms with Gasteiger partial charge in [0.1, 0.15) is 0 Å². The summed E-state index contributed by atoms with van der Waals surface area (Å²) in [7, 11) is 0. The molecule has 0 aliphatic rings. The molecule has 2 heteroatoms. The average molecular weight is 359 g/mol. The van der Waals surface area contributed by atoms with Crippen molar-refractivity contribution in [3.63, 3.8) is 0 Å². The number of fused-ring (bicyclic) bond motifs is 5. The normalized spacial score (nSPS) is 11.7. The Morgan fingerprint density at radius 3 is 2.08 bits per heavy atom. The van der Waals surface area contributed by atoms with Gasteiger partial charge in [0, 0.05) is 20.2 Å². The minimum absolute atomic E-state index is 1.17. The molecule has 3 aromatic carbocycles. The second kappa shape index (κ2) is 5.98. The van der Waals surface area contributed by atoms with Crippen LogP contribution in [-0.4, -0.2) is 0 Å². The van der Waals surface area contributed by atoms with E-state index in [2.05, 4.69) is 73.7 Å². The Kier molecular flexibility index (Phi) is 3.61. The first-order valence-corrected chi connectivity index (χ1v) is 10.4. The molecule has 0 N–H and O–H groups in total. The first-order valence-electron chi connectivity index (χ1n) is 8.76. The van der Waals surface area contributed by atoms with Crippen LogP contribution in [0.15, 0.2) is 66.7 Å². The fourth-order valence-electron chi connectivity index (χ4n) is 3.55. The predicted molar refractivity (Wildman–Crippen MR) is 114 cm³/mol. The highest BCUT2D eigenvalue weighted by atomic mass is 32.1. The van der Waals surface area contributed by atoms with Crippen molar-refractivity contribution < 1.29 is 0 Å².